The summed E-state index contributed by atoms with van der Waals surface area (Å²) in [7, 11) is 0. The number of carbonyl (C=O) groups is 1. The van der Waals surface area contributed by atoms with Crippen molar-refractivity contribution in [1.82, 2.24) is 5.32 Å². The fourth-order valence-corrected chi connectivity index (χ4v) is 3.09. The van der Waals surface area contributed by atoms with E-state index in [9.17, 15) is 4.79 Å². The van der Waals surface area contributed by atoms with Gasteiger partial charge in [0.2, 0.25) is 5.91 Å². The Morgan fingerprint density at radius 1 is 1.47 bits per heavy atom. The zero-order valence-corrected chi connectivity index (χ0v) is 11.2. The van der Waals surface area contributed by atoms with Gasteiger partial charge in [0.15, 0.2) is 0 Å². The smallest absolute Gasteiger partial charge is 0.231 e. The van der Waals surface area contributed by atoms with Gasteiger partial charge in [0, 0.05) is 23.2 Å². The largest absolute Gasteiger partial charge is 0.316 e. The summed E-state index contributed by atoms with van der Waals surface area (Å²) in [5, 5.41) is 3.25. The summed E-state index contributed by atoms with van der Waals surface area (Å²) >= 11 is 3.47. The molecule has 1 N–H and O–H groups in total. The third-order valence-corrected chi connectivity index (χ3v) is 4.11. The van der Waals surface area contributed by atoms with E-state index in [0.717, 1.165) is 42.6 Å². The van der Waals surface area contributed by atoms with Crippen LogP contribution in [0.25, 0.3) is 0 Å². The maximum Gasteiger partial charge on any atom is 0.231 e. The zero-order chi connectivity index (χ0) is 11.8. The van der Waals surface area contributed by atoms with Crippen molar-refractivity contribution in [2.45, 2.75) is 12.8 Å². The van der Waals surface area contributed by atoms with Gasteiger partial charge in [0.05, 0.1) is 5.92 Å². The van der Waals surface area contributed by atoms with Gasteiger partial charge in [-0.15, -0.1) is 0 Å². The van der Waals surface area contributed by atoms with E-state index in [2.05, 4.69) is 27.3 Å². The fraction of sp³-hybridized carbons (Fsp3) is 0.462. The van der Waals surface area contributed by atoms with Gasteiger partial charge in [-0.1, -0.05) is 15.9 Å². The van der Waals surface area contributed by atoms with Crippen molar-refractivity contribution in [2.75, 3.05) is 24.5 Å². The number of hydrogen-bond acceptors (Lipinski definition) is 2. The zero-order valence-electron chi connectivity index (χ0n) is 9.58. The van der Waals surface area contributed by atoms with Gasteiger partial charge >= 0.3 is 0 Å². The molecule has 90 valence electrons. The van der Waals surface area contributed by atoms with Crippen molar-refractivity contribution >= 4 is 27.5 Å². The summed E-state index contributed by atoms with van der Waals surface area (Å²) in [4.78, 5) is 14.3. The molecule has 0 saturated carbocycles. The lowest BCUT2D eigenvalue weighted by atomic mass is 10.1. The van der Waals surface area contributed by atoms with Crippen molar-refractivity contribution in [3.05, 3.63) is 28.2 Å². The number of halogens is 1. The van der Waals surface area contributed by atoms with Gasteiger partial charge in [-0.2, -0.15) is 0 Å². The Kier molecular flexibility index (Phi) is 2.92. The molecule has 17 heavy (non-hydrogen) atoms. The molecule has 1 saturated heterocycles. The SMILES string of the molecule is O=C(C1CCNC1)N1CCc2cc(Br)ccc21. The van der Waals surface area contributed by atoms with Gasteiger partial charge in [0.1, 0.15) is 0 Å². The first kappa shape index (κ1) is 11.2. The van der Waals surface area contributed by atoms with Gasteiger partial charge in [-0.25, -0.2) is 0 Å². The number of anilines is 1. The summed E-state index contributed by atoms with van der Waals surface area (Å²) in [6.07, 6.45) is 1.95. The quantitative estimate of drug-likeness (QED) is 0.859. The topological polar surface area (TPSA) is 32.3 Å². The van der Waals surface area contributed by atoms with Crippen molar-refractivity contribution in [1.29, 1.82) is 0 Å². The highest BCUT2D eigenvalue weighted by Gasteiger charge is 2.31. The Hall–Kier alpha value is -0.870. The Morgan fingerprint density at radius 2 is 2.35 bits per heavy atom. The summed E-state index contributed by atoms with van der Waals surface area (Å²) in [6, 6.07) is 6.18. The molecule has 3 rings (SSSR count). The number of hydrogen-bond donors (Lipinski definition) is 1. The van der Waals surface area contributed by atoms with Crippen LogP contribution in [-0.2, 0) is 11.2 Å². The Morgan fingerprint density at radius 3 is 3.12 bits per heavy atom. The molecular weight excluding hydrogens is 280 g/mol. The molecule has 2 aliphatic heterocycles. The molecule has 4 heteroatoms. The summed E-state index contributed by atoms with van der Waals surface area (Å²) in [6.45, 7) is 2.64. The third-order valence-electron chi connectivity index (χ3n) is 3.61. The van der Waals surface area contributed by atoms with Crippen LogP contribution in [0, 0.1) is 5.92 Å². The van der Waals surface area contributed by atoms with Crippen molar-refractivity contribution in [2.24, 2.45) is 5.92 Å². The monoisotopic (exact) mass is 294 g/mol. The third kappa shape index (κ3) is 2.00. The normalized spacial score (nSPS) is 22.9. The maximum absolute atomic E-state index is 12.4. The molecule has 1 fully saturated rings. The minimum absolute atomic E-state index is 0.171. The first-order chi connectivity index (χ1) is 8.25. The van der Waals surface area contributed by atoms with Crippen molar-refractivity contribution < 1.29 is 4.79 Å². The number of fused-ring (bicyclic) bond motifs is 1. The Balaban J connectivity index is 1.85. The first-order valence-corrected chi connectivity index (χ1v) is 6.85. The predicted molar refractivity (Wildman–Crippen MR) is 71.2 cm³/mol. The average molecular weight is 295 g/mol. The van der Waals surface area contributed by atoms with Crippen LogP contribution in [0.5, 0.6) is 0 Å². The van der Waals surface area contributed by atoms with E-state index in [0.29, 0.717) is 0 Å². The number of nitrogens with one attached hydrogen (secondary N) is 1. The van der Waals surface area contributed by atoms with Gasteiger partial charge in [-0.3, -0.25) is 4.79 Å². The highest BCUT2D eigenvalue weighted by atomic mass is 79.9. The molecule has 0 radical (unpaired) electrons. The molecule has 2 aliphatic rings. The molecule has 2 heterocycles. The first-order valence-electron chi connectivity index (χ1n) is 6.06. The van der Waals surface area contributed by atoms with E-state index in [1.165, 1.54) is 5.56 Å². The molecule has 0 aliphatic carbocycles. The summed E-state index contributed by atoms with van der Waals surface area (Å²) in [5.41, 5.74) is 2.38. The Bertz CT molecular complexity index is 455. The number of carbonyl (C=O) groups excluding carboxylic acids is 1. The van der Waals surface area contributed by atoms with Gasteiger partial charge in [-0.05, 0) is 43.1 Å². The molecule has 1 aromatic carbocycles. The lowest BCUT2D eigenvalue weighted by Gasteiger charge is -2.20. The van der Waals surface area contributed by atoms with E-state index in [1.54, 1.807) is 0 Å². The molecule has 1 unspecified atom stereocenters. The second-order valence-corrected chi connectivity index (χ2v) is 5.62. The standard InChI is InChI=1S/C13H15BrN2O/c14-11-1-2-12-9(7-11)4-6-16(12)13(17)10-3-5-15-8-10/h1-2,7,10,15H,3-6,8H2. The van der Waals surface area contributed by atoms with Gasteiger partial charge in [0.25, 0.3) is 0 Å². The van der Waals surface area contributed by atoms with Crippen molar-refractivity contribution in [3.8, 4) is 0 Å². The average Bonchev–Trinajstić information content (AvgIpc) is 2.96. The van der Waals surface area contributed by atoms with Crippen LogP contribution in [0.1, 0.15) is 12.0 Å². The molecule has 1 amide bonds. The van der Waals surface area contributed by atoms with Crippen LogP contribution in [0.2, 0.25) is 0 Å². The lowest BCUT2D eigenvalue weighted by molar-refractivity contribution is -0.121. The lowest BCUT2D eigenvalue weighted by Crippen LogP contribution is -2.35. The maximum atomic E-state index is 12.4. The van der Waals surface area contributed by atoms with E-state index in [-0.39, 0.29) is 11.8 Å². The summed E-state index contributed by atoms with van der Waals surface area (Å²) in [5.74, 6) is 0.459. The molecule has 1 atom stereocenters. The van der Waals surface area contributed by atoms with Crippen LogP contribution < -0.4 is 10.2 Å². The number of benzene rings is 1. The Labute approximate surface area is 109 Å². The molecule has 1 aromatic rings. The fourth-order valence-electron chi connectivity index (χ4n) is 2.69. The van der Waals surface area contributed by atoms with Crippen LogP contribution in [0.4, 0.5) is 5.69 Å². The molecule has 0 bridgehead atoms. The summed E-state index contributed by atoms with van der Waals surface area (Å²) < 4.78 is 1.09. The minimum Gasteiger partial charge on any atom is -0.316 e. The predicted octanol–water partition coefficient (Wildman–Crippen LogP) is 1.95. The minimum atomic E-state index is 0.171. The van der Waals surface area contributed by atoms with E-state index >= 15 is 0 Å². The van der Waals surface area contributed by atoms with Crippen LogP contribution in [-0.4, -0.2) is 25.5 Å². The molecule has 0 aromatic heterocycles. The molecular formula is C13H15BrN2O. The number of amides is 1. The second kappa shape index (κ2) is 4.42. The number of rotatable bonds is 1. The number of nitrogens with zero attached hydrogens (tertiary/aromatic N) is 1. The van der Waals surface area contributed by atoms with E-state index in [4.69, 9.17) is 0 Å². The highest BCUT2D eigenvalue weighted by molar-refractivity contribution is 9.10. The van der Waals surface area contributed by atoms with Crippen LogP contribution in [0.3, 0.4) is 0 Å². The second-order valence-electron chi connectivity index (χ2n) is 4.70. The highest BCUT2D eigenvalue weighted by Crippen LogP contribution is 2.32. The van der Waals surface area contributed by atoms with Crippen LogP contribution in [0.15, 0.2) is 22.7 Å². The molecule has 3 nitrogen and oxygen atoms in total. The van der Waals surface area contributed by atoms with E-state index in [1.807, 2.05) is 17.0 Å². The van der Waals surface area contributed by atoms with Crippen molar-refractivity contribution in [3.63, 3.8) is 0 Å². The molecule has 0 spiro atoms. The van der Waals surface area contributed by atoms with Gasteiger partial charge < -0.3 is 10.2 Å². The van der Waals surface area contributed by atoms with Crippen LogP contribution >= 0.6 is 15.9 Å². The van der Waals surface area contributed by atoms with E-state index < -0.39 is 0 Å².